The van der Waals surface area contributed by atoms with E-state index in [2.05, 4.69) is 41.1 Å². The van der Waals surface area contributed by atoms with Crippen LogP contribution in [0, 0.1) is 5.92 Å². The number of aliphatic carboxylic acids is 1. The van der Waals surface area contributed by atoms with E-state index in [1.54, 1.807) is 0 Å². The molecule has 0 unspecified atom stereocenters. The average molecular weight is 276 g/mol. The van der Waals surface area contributed by atoms with E-state index in [1.165, 1.54) is 12.0 Å². The largest absolute Gasteiger partial charge is 0.480 e. The van der Waals surface area contributed by atoms with Crippen molar-refractivity contribution in [1.82, 2.24) is 9.80 Å². The van der Waals surface area contributed by atoms with E-state index in [-0.39, 0.29) is 6.54 Å². The lowest BCUT2D eigenvalue weighted by Crippen LogP contribution is -2.42. The molecule has 2 rings (SSSR count). The molecule has 1 aromatic carbocycles. The van der Waals surface area contributed by atoms with Gasteiger partial charge in [0, 0.05) is 19.6 Å². The van der Waals surface area contributed by atoms with Gasteiger partial charge in [-0.3, -0.25) is 9.69 Å². The van der Waals surface area contributed by atoms with Gasteiger partial charge in [-0.1, -0.05) is 30.3 Å². The second kappa shape index (κ2) is 7.41. The first kappa shape index (κ1) is 15.0. The topological polar surface area (TPSA) is 43.8 Å². The Hall–Kier alpha value is -1.39. The molecule has 1 atom stereocenters. The van der Waals surface area contributed by atoms with Crippen molar-refractivity contribution in [3.63, 3.8) is 0 Å². The zero-order chi connectivity index (χ0) is 14.4. The molecule has 0 aromatic heterocycles. The maximum Gasteiger partial charge on any atom is 0.317 e. The minimum Gasteiger partial charge on any atom is -0.480 e. The first-order valence-corrected chi connectivity index (χ1v) is 7.30. The van der Waals surface area contributed by atoms with Crippen LogP contribution in [-0.4, -0.2) is 54.1 Å². The smallest absolute Gasteiger partial charge is 0.317 e. The predicted octanol–water partition coefficient (Wildman–Crippen LogP) is 1.91. The third kappa shape index (κ3) is 4.94. The third-order valence-electron chi connectivity index (χ3n) is 3.83. The SMILES string of the molecule is CN(Cc1ccccc1)C[C@H]1CCCN(CC(=O)O)C1. The molecule has 4 heteroatoms. The van der Waals surface area contributed by atoms with E-state index in [0.717, 1.165) is 32.6 Å². The number of carboxylic acids is 1. The van der Waals surface area contributed by atoms with Gasteiger partial charge in [0.15, 0.2) is 0 Å². The van der Waals surface area contributed by atoms with Crippen LogP contribution < -0.4 is 0 Å². The van der Waals surface area contributed by atoms with Gasteiger partial charge in [-0.25, -0.2) is 0 Å². The fourth-order valence-corrected chi connectivity index (χ4v) is 3.04. The van der Waals surface area contributed by atoms with Crippen molar-refractivity contribution in [3.05, 3.63) is 35.9 Å². The molecule has 0 radical (unpaired) electrons. The number of carbonyl (C=O) groups is 1. The van der Waals surface area contributed by atoms with Crippen LogP contribution in [0.3, 0.4) is 0 Å². The molecule has 110 valence electrons. The fourth-order valence-electron chi connectivity index (χ4n) is 3.04. The standard InChI is InChI=1S/C16H24N2O2/c1-17(10-14-6-3-2-4-7-14)11-15-8-5-9-18(12-15)13-16(19)20/h2-4,6-7,15H,5,8-13H2,1H3,(H,19,20)/t15-/m1/s1. The Labute approximate surface area is 121 Å². The Morgan fingerprint density at radius 2 is 2.15 bits per heavy atom. The van der Waals surface area contributed by atoms with Crippen LogP contribution in [0.4, 0.5) is 0 Å². The Morgan fingerprint density at radius 1 is 1.40 bits per heavy atom. The zero-order valence-electron chi connectivity index (χ0n) is 12.2. The number of hydrogen-bond donors (Lipinski definition) is 1. The van der Waals surface area contributed by atoms with E-state index in [1.807, 2.05) is 6.07 Å². The molecular formula is C16H24N2O2. The van der Waals surface area contributed by atoms with Gasteiger partial charge in [-0.05, 0) is 37.9 Å². The van der Waals surface area contributed by atoms with Gasteiger partial charge in [-0.2, -0.15) is 0 Å². The quantitative estimate of drug-likeness (QED) is 0.862. The van der Waals surface area contributed by atoms with Gasteiger partial charge in [0.2, 0.25) is 0 Å². The Kier molecular flexibility index (Phi) is 5.56. The summed E-state index contributed by atoms with van der Waals surface area (Å²) >= 11 is 0. The van der Waals surface area contributed by atoms with E-state index in [0.29, 0.717) is 5.92 Å². The number of carboxylic acid groups (broad SMARTS) is 1. The zero-order valence-corrected chi connectivity index (χ0v) is 12.2. The summed E-state index contributed by atoms with van der Waals surface area (Å²) in [5.41, 5.74) is 1.33. The first-order valence-electron chi connectivity index (χ1n) is 7.30. The van der Waals surface area contributed by atoms with Crippen molar-refractivity contribution in [3.8, 4) is 0 Å². The van der Waals surface area contributed by atoms with Gasteiger partial charge in [0.1, 0.15) is 0 Å². The van der Waals surface area contributed by atoms with E-state index < -0.39 is 5.97 Å². The molecule has 20 heavy (non-hydrogen) atoms. The van der Waals surface area contributed by atoms with Crippen molar-refractivity contribution < 1.29 is 9.90 Å². The van der Waals surface area contributed by atoms with Gasteiger partial charge in [-0.15, -0.1) is 0 Å². The van der Waals surface area contributed by atoms with Gasteiger partial charge >= 0.3 is 5.97 Å². The molecule has 1 aliphatic heterocycles. The lowest BCUT2D eigenvalue weighted by atomic mass is 9.97. The minimum atomic E-state index is -0.719. The second-order valence-corrected chi connectivity index (χ2v) is 5.82. The lowest BCUT2D eigenvalue weighted by Gasteiger charge is -2.33. The van der Waals surface area contributed by atoms with E-state index in [4.69, 9.17) is 5.11 Å². The summed E-state index contributed by atoms with van der Waals surface area (Å²) in [6.45, 7) is 4.00. The first-order chi connectivity index (χ1) is 9.63. The molecule has 1 heterocycles. The molecule has 1 aliphatic rings. The van der Waals surface area contributed by atoms with Gasteiger partial charge < -0.3 is 10.0 Å². The molecule has 1 N–H and O–H groups in total. The molecule has 1 saturated heterocycles. The Balaban J connectivity index is 1.78. The van der Waals surface area contributed by atoms with Crippen molar-refractivity contribution in [1.29, 1.82) is 0 Å². The fraction of sp³-hybridized carbons (Fsp3) is 0.562. The normalized spacial score (nSPS) is 20.2. The molecule has 0 amide bonds. The number of benzene rings is 1. The highest BCUT2D eigenvalue weighted by Gasteiger charge is 2.22. The number of piperidine rings is 1. The van der Waals surface area contributed by atoms with Crippen molar-refractivity contribution in [2.45, 2.75) is 19.4 Å². The minimum absolute atomic E-state index is 0.179. The van der Waals surface area contributed by atoms with Crippen LogP contribution in [0.25, 0.3) is 0 Å². The highest BCUT2D eigenvalue weighted by molar-refractivity contribution is 5.69. The summed E-state index contributed by atoms with van der Waals surface area (Å²) in [5.74, 6) is -0.139. The molecule has 0 spiro atoms. The Bertz CT molecular complexity index is 422. The molecule has 0 bridgehead atoms. The molecule has 1 aromatic rings. The van der Waals surface area contributed by atoms with Crippen LogP contribution in [0.2, 0.25) is 0 Å². The Morgan fingerprint density at radius 3 is 2.85 bits per heavy atom. The monoisotopic (exact) mass is 276 g/mol. The summed E-state index contributed by atoms with van der Waals surface area (Å²) in [5, 5.41) is 8.88. The molecular weight excluding hydrogens is 252 g/mol. The van der Waals surface area contributed by atoms with Crippen LogP contribution in [0.15, 0.2) is 30.3 Å². The number of hydrogen-bond acceptors (Lipinski definition) is 3. The number of likely N-dealkylation sites (tertiary alicyclic amines) is 1. The second-order valence-electron chi connectivity index (χ2n) is 5.82. The van der Waals surface area contributed by atoms with Gasteiger partial charge in [0.25, 0.3) is 0 Å². The van der Waals surface area contributed by atoms with Crippen LogP contribution in [0.1, 0.15) is 18.4 Å². The molecule has 4 nitrogen and oxygen atoms in total. The van der Waals surface area contributed by atoms with Crippen LogP contribution in [-0.2, 0) is 11.3 Å². The molecule has 0 aliphatic carbocycles. The highest BCUT2D eigenvalue weighted by Crippen LogP contribution is 2.17. The van der Waals surface area contributed by atoms with E-state index >= 15 is 0 Å². The molecule has 1 fully saturated rings. The van der Waals surface area contributed by atoms with Crippen molar-refractivity contribution >= 4 is 5.97 Å². The van der Waals surface area contributed by atoms with Crippen molar-refractivity contribution in [2.75, 3.05) is 33.2 Å². The van der Waals surface area contributed by atoms with E-state index in [9.17, 15) is 4.79 Å². The highest BCUT2D eigenvalue weighted by atomic mass is 16.4. The molecule has 0 saturated carbocycles. The summed E-state index contributed by atoms with van der Waals surface area (Å²) < 4.78 is 0. The van der Waals surface area contributed by atoms with Gasteiger partial charge in [0.05, 0.1) is 6.54 Å². The third-order valence-corrected chi connectivity index (χ3v) is 3.83. The summed E-state index contributed by atoms with van der Waals surface area (Å²) in [4.78, 5) is 15.2. The maximum atomic E-state index is 10.8. The summed E-state index contributed by atoms with van der Waals surface area (Å²) in [7, 11) is 2.14. The number of rotatable bonds is 6. The predicted molar refractivity (Wildman–Crippen MR) is 79.6 cm³/mol. The summed E-state index contributed by atoms with van der Waals surface area (Å²) in [6.07, 6.45) is 2.31. The summed E-state index contributed by atoms with van der Waals surface area (Å²) in [6, 6.07) is 10.5. The van der Waals surface area contributed by atoms with Crippen molar-refractivity contribution in [2.24, 2.45) is 5.92 Å². The lowest BCUT2D eigenvalue weighted by molar-refractivity contribution is -0.138. The number of nitrogens with zero attached hydrogens (tertiary/aromatic N) is 2. The van der Waals surface area contributed by atoms with Crippen LogP contribution in [0.5, 0.6) is 0 Å². The maximum absolute atomic E-state index is 10.8. The van der Waals surface area contributed by atoms with Crippen LogP contribution >= 0.6 is 0 Å². The average Bonchev–Trinajstić information content (AvgIpc) is 2.39.